The number of carbonyl (C=O) groups excluding carboxylic acids is 1. The summed E-state index contributed by atoms with van der Waals surface area (Å²) in [5, 5.41) is 4.24. The van der Waals surface area contributed by atoms with Crippen LogP contribution in [0.3, 0.4) is 0 Å². The summed E-state index contributed by atoms with van der Waals surface area (Å²) in [6.07, 6.45) is 4.49. The van der Waals surface area contributed by atoms with E-state index < -0.39 is 0 Å². The van der Waals surface area contributed by atoms with E-state index in [1.165, 1.54) is 11.8 Å². The van der Waals surface area contributed by atoms with Crippen molar-refractivity contribution in [3.8, 4) is 0 Å². The molecule has 1 aromatic heterocycles. The summed E-state index contributed by atoms with van der Waals surface area (Å²) in [6, 6.07) is 11.5. The summed E-state index contributed by atoms with van der Waals surface area (Å²) in [7, 11) is 0. The maximum absolute atomic E-state index is 11.7. The largest absolute Gasteiger partial charge is 0.459 e. The molecule has 2 aromatic rings. The van der Waals surface area contributed by atoms with Gasteiger partial charge in [-0.1, -0.05) is 24.3 Å². The monoisotopic (exact) mass is 254 g/mol. The van der Waals surface area contributed by atoms with Gasteiger partial charge in [0.1, 0.15) is 0 Å². The van der Waals surface area contributed by atoms with Crippen LogP contribution < -0.4 is 5.43 Å². The van der Waals surface area contributed by atoms with E-state index >= 15 is 0 Å². The molecule has 0 spiro atoms. The Kier molecular flexibility index (Phi) is 3.14. The minimum Gasteiger partial charge on any atom is -0.459 e. The van der Waals surface area contributed by atoms with Crippen molar-refractivity contribution in [3.63, 3.8) is 0 Å². The van der Waals surface area contributed by atoms with Crippen molar-refractivity contribution < 1.29 is 9.21 Å². The molecule has 1 N–H and O–H groups in total. The SMILES string of the molecule is O=C(N/N=C1/CCCc2ccccc21)c1ccco1. The van der Waals surface area contributed by atoms with Gasteiger partial charge in [-0.25, -0.2) is 5.43 Å². The molecule has 1 amide bonds. The molecular formula is C15H14N2O2. The third-order valence-electron chi connectivity index (χ3n) is 3.23. The fourth-order valence-electron chi connectivity index (χ4n) is 2.30. The van der Waals surface area contributed by atoms with E-state index in [2.05, 4.69) is 16.6 Å². The van der Waals surface area contributed by atoms with Crippen LogP contribution in [0.5, 0.6) is 0 Å². The van der Waals surface area contributed by atoms with E-state index in [1.807, 2.05) is 18.2 Å². The zero-order valence-electron chi connectivity index (χ0n) is 10.4. The molecular weight excluding hydrogens is 240 g/mol. The minimum atomic E-state index is -0.319. The summed E-state index contributed by atoms with van der Waals surface area (Å²) in [4.78, 5) is 11.7. The number of rotatable bonds is 2. The first-order valence-corrected chi connectivity index (χ1v) is 6.33. The van der Waals surface area contributed by atoms with Crippen LogP contribution in [0, 0.1) is 0 Å². The molecule has 0 atom stereocenters. The van der Waals surface area contributed by atoms with Gasteiger partial charge in [-0.15, -0.1) is 0 Å². The summed E-state index contributed by atoms with van der Waals surface area (Å²) in [6.45, 7) is 0. The molecule has 1 heterocycles. The van der Waals surface area contributed by atoms with Crippen LogP contribution in [0.2, 0.25) is 0 Å². The lowest BCUT2D eigenvalue weighted by Crippen LogP contribution is -2.21. The number of nitrogens with zero attached hydrogens (tertiary/aromatic N) is 1. The second-order valence-electron chi connectivity index (χ2n) is 4.49. The van der Waals surface area contributed by atoms with Crippen molar-refractivity contribution in [2.24, 2.45) is 5.10 Å². The van der Waals surface area contributed by atoms with Crippen molar-refractivity contribution in [3.05, 3.63) is 59.5 Å². The predicted octanol–water partition coefficient (Wildman–Crippen LogP) is 2.75. The van der Waals surface area contributed by atoms with Gasteiger partial charge in [-0.05, 0) is 37.0 Å². The lowest BCUT2D eigenvalue weighted by atomic mass is 9.90. The number of hydrazone groups is 1. The molecule has 0 saturated carbocycles. The second-order valence-corrected chi connectivity index (χ2v) is 4.49. The van der Waals surface area contributed by atoms with E-state index in [0.29, 0.717) is 0 Å². The Morgan fingerprint density at radius 2 is 2.05 bits per heavy atom. The van der Waals surface area contributed by atoms with Crippen molar-refractivity contribution in [1.29, 1.82) is 0 Å². The van der Waals surface area contributed by atoms with Gasteiger partial charge in [0.05, 0.1) is 12.0 Å². The van der Waals surface area contributed by atoms with E-state index in [0.717, 1.165) is 30.5 Å². The summed E-state index contributed by atoms with van der Waals surface area (Å²) < 4.78 is 5.02. The highest BCUT2D eigenvalue weighted by Crippen LogP contribution is 2.21. The zero-order chi connectivity index (χ0) is 13.1. The van der Waals surface area contributed by atoms with Gasteiger partial charge >= 0.3 is 5.91 Å². The maximum atomic E-state index is 11.7. The number of aryl methyl sites for hydroxylation is 1. The Morgan fingerprint density at radius 3 is 2.89 bits per heavy atom. The van der Waals surface area contributed by atoms with Gasteiger partial charge < -0.3 is 4.42 Å². The first-order chi connectivity index (χ1) is 9.34. The molecule has 0 bridgehead atoms. The topological polar surface area (TPSA) is 54.6 Å². The fourth-order valence-corrected chi connectivity index (χ4v) is 2.30. The minimum absolute atomic E-state index is 0.272. The number of nitrogens with one attached hydrogen (secondary N) is 1. The molecule has 96 valence electrons. The number of hydrogen-bond acceptors (Lipinski definition) is 3. The van der Waals surface area contributed by atoms with Gasteiger partial charge in [0.15, 0.2) is 5.76 Å². The number of amides is 1. The molecule has 4 heteroatoms. The van der Waals surface area contributed by atoms with Crippen LogP contribution in [-0.4, -0.2) is 11.6 Å². The second kappa shape index (κ2) is 5.10. The van der Waals surface area contributed by atoms with Crippen molar-refractivity contribution >= 4 is 11.6 Å². The van der Waals surface area contributed by atoms with E-state index in [4.69, 9.17) is 4.42 Å². The lowest BCUT2D eigenvalue weighted by molar-refractivity contribution is 0.0927. The molecule has 1 aliphatic carbocycles. The molecule has 0 unspecified atom stereocenters. The molecule has 0 radical (unpaired) electrons. The van der Waals surface area contributed by atoms with Crippen LogP contribution in [0.4, 0.5) is 0 Å². The number of furan rings is 1. The fraction of sp³-hybridized carbons (Fsp3) is 0.200. The predicted molar refractivity (Wildman–Crippen MR) is 72.1 cm³/mol. The Bertz CT molecular complexity index is 615. The maximum Gasteiger partial charge on any atom is 0.307 e. The summed E-state index contributed by atoms with van der Waals surface area (Å²) >= 11 is 0. The Hall–Kier alpha value is -2.36. The van der Waals surface area contributed by atoms with Crippen molar-refractivity contribution in [1.82, 2.24) is 5.43 Å². The van der Waals surface area contributed by atoms with Gasteiger partial charge in [0, 0.05) is 5.56 Å². The van der Waals surface area contributed by atoms with Crippen LogP contribution in [-0.2, 0) is 6.42 Å². The molecule has 0 fully saturated rings. The highest BCUT2D eigenvalue weighted by Gasteiger charge is 2.15. The van der Waals surface area contributed by atoms with Gasteiger partial charge in [0.2, 0.25) is 0 Å². The average molecular weight is 254 g/mol. The first kappa shape index (κ1) is 11.7. The van der Waals surface area contributed by atoms with E-state index in [9.17, 15) is 4.79 Å². The molecule has 3 rings (SSSR count). The highest BCUT2D eigenvalue weighted by molar-refractivity contribution is 6.03. The van der Waals surface area contributed by atoms with E-state index in [-0.39, 0.29) is 11.7 Å². The number of benzene rings is 1. The van der Waals surface area contributed by atoms with Gasteiger partial charge in [-0.3, -0.25) is 4.79 Å². The van der Waals surface area contributed by atoms with Crippen LogP contribution in [0.1, 0.15) is 34.5 Å². The van der Waals surface area contributed by atoms with Crippen LogP contribution >= 0.6 is 0 Å². The quantitative estimate of drug-likeness (QED) is 0.838. The molecule has 19 heavy (non-hydrogen) atoms. The number of hydrogen-bond donors (Lipinski definition) is 1. The van der Waals surface area contributed by atoms with Crippen molar-refractivity contribution in [2.45, 2.75) is 19.3 Å². The highest BCUT2D eigenvalue weighted by atomic mass is 16.3. The Morgan fingerprint density at radius 1 is 1.16 bits per heavy atom. The van der Waals surface area contributed by atoms with Gasteiger partial charge in [0.25, 0.3) is 0 Å². The van der Waals surface area contributed by atoms with Crippen molar-refractivity contribution in [2.75, 3.05) is 0 Å². The summed E-state index contributed by atoms with van der Waals surface area (Å²) in [5.41, 5.74) is 5.91. The van der Waals surface area contributed by atoms with Crippen LogP contribution in [0.15, 0.2) is 52.2 Å². The standard InChI is InChI=1S/C15H14N2O2/c18-15(14-9-4-10-19-14)17-16-13-8-3-6-11-5-1-2-7-12(11)13/h1-2,4-5,7,9-10H,3,6,8H2,(H,17,18)/b16-13-. The first-order valence-electron chi connectivity index (χ1n) is 6.33. The molecule has 1 aliphatic rings. The zero-order valence-corrected chi connectivity index (χ0v) is 10.4. The summed E-state index contributed by atoms with van der Waals surface area (Å²) in [5.74, 6) is -0.0472. The third kappa shape index (κ3) is 2.42. The Balaban J connectivity index is 1.80. The number of fused-ring (bicyclic) bond motifs is 1. The molecule has 1 aromatic carbocycles. The normalized spacial score (nSPS) is 16.1. The molecule has 4 nitrogen and oxygen atoms in total. The Labute approximate surface area is 111 Å². The van der Waals surface area contributed by atoms with Crippen LogP contribution in [0.25, 0.3) is 0 Å². The third-order valence-corrected chi connectivity index (χ3v) is 3.23. The van der Waals surface area contributed by atoms with E-state index in [1.54, 1.807) is 12.1 Å². The number of carbonyl (C=O) groups is 1. The molecule has 0 aliphatic heterocycles. The lowest BCUT2D eigenvalue weighted by Gasteiger charge is -2.17. The average Bonchev–Trinajstić information content (AvgIpc) is 2.99. The van der Waals surface area contributed by atoms with Gasteiger partial charge in [-0.2, -0.15) is 5.10 Å². The smallest absolute Gasteiger partial charge is 0.307 e. The molecule has 0 saturated heterocycles.